The van der Waals surface area contributed by atoms with Gasteiger partial charge in [-0.3, -0.25) is 9.59 Å². The molecule has 1 unspecified atom stereocenters. The number of benzene rings is 1. The van der Waals surface area contributed by atoms with Gasteiger partial charge in [-0.1, -0.05) is 43.2 Å². The molecule has 0 spiro atoms. The highest BCUT2D eigenvalue weighted by atomic mass is 16.5. The van der Waals surface area contributed by atoms with Crippen LogP contribution in [-0.2, 0) is 19.7 Å². The van der Waals surface area contributed by atoms with Gasteiger partial charge in [0.25, 0.3) is 0 Å². The average molecular weight is 301 g/mol. The molecule has 1 amide bonds. The van der Waals surface area contributed by atoms with E-state index >= 15 is 0 Å². The van der Waals surface area contributed by atoms with Gasteiger partial charge in [0, 0.05) is 24.9 Å². The van der Waals surface area contributed by atoms with Crippen LogP contribution in [0.1, 0.15) is 37.7 Å². The van der Waals surface area contributed by atoms with E-state index in [0.717, 1.165) is 19.4 Å². The summed E-state index contributed by atoms with van der Waals surface area (Å²) in [4.78, 5) is 25.9. The number of carbonyl (C=O) groups is 2. The molecule has 1 aliphatic heterocycles. The van der Waals surface area contributed by atoms with Crippen LogP contribution < -0.4 is 0 Å². The van der Waals surface area contributed by atoms with Crippen molar-refractivity contribution in [3.8, 4) is 0 Å². The van der Waals surface area contributed by atoms with Crippen molar-refractivity contribution in [3.05, 3.63) is 35.9 Å². The Hall–Kier alpha value is -1.84. The maximum absolute atomic E-state index is 12.3. The first-order chi connectivity index (χ1) is 10.6. The van der Waals surface area contributed by atoms with E-state index in [1.165, 1.54) is 25.5 Å². The van der Waals surface area contributed by atoms with Crippen LogP contribution in [0.2, 0.25) is 0 Å². The zero-order valence-electron chi connectivity index (χ0n) is 13.1. The first kappa shape index (κ1) is 15.1. The Kier molecular flexibility index (Phi) is 4.19. The fourth-order valence-corrected chi connectivity index (χ4v) is 4.00. The van der Waals surface area contributed by atoms with E-state index in [9.17, 15) is 9.59 Å². The van der Waals surface area contributed by atoms with E-state index in [1.807, 2.05) is 11.0 Å². The van der Waals surface area contributed by atoms with Gasteiger partial charge in [-0.05, 0) is 18.4 Å². The molecule has 4 heteroatoms. The molecule has 0 radical (unpaired) electrons. The molecule has 1 heterocycles. The summed E-state index contributed by atoms with van der Waals surface area (Å²) in [6, 6.07) is 10.5. The van der Waals surface area contributed by atoms with Crippen molar-refractivity contribution < 1.29 is 14.3 Å². The van der Waals surface area contributed by atoms with Crippen LogP contribution in [-0.4, -0.2) is 37.0 Å². The van der Waals surface area contributed by atoms with Gasteiger partial charge in [-0.2, -0.15) is 0 Å². The third-order valence-electron chi connectivity index (χ3n) is 5.19. The lowest BCUT2D eigenvalue weighted by atomic mass is 9.78. The molecular weight excluding hydrogens is 278 g/mol. The lowest BCUT2D eigenvalue weighted by molar-refractivity contribution is -0.145. The molecule has 22 heavy (non-hydrogen) atoms. The van der Waals surface area contributed by atoms with Crippen LogP contribution in [0.15, 0.2) is 30.3 Å². The number of rotatable bonds is 4. The Morgan fingerprint density at radius 1 is 1.27 bits per heavy atom. The Bertz CT molecular complexity index is 549. The summed E-state index contributed by atoms with van der Waals surface area (Å²) >= 11 is 0. The summed E-state index contributed by atoms with van der Waals surface area (Å²) in [6.45, 7) is 1.23. The maximum atomic E-state index is 12.3. The number of nitrogens with zero attached hydrogens (tertiary/aromatic N) is 1. The topological polar surface area (TPSA) is 46.6 Å². The van der Waals surface area contributed by atoms with Crippen LogP contribution in [0.5, 0.6) is 0 Å². The van der Waals surface area contributed by atoms with Crippen LogP contribution in [0.25, 0.3) is 0 Å². The molecule has 1 atom stereocenters. The molecule has 2 fully saturated rings. The quantitative estimate of drug-likeness (QED) is 0.803. The minimum absolute atomic E-state index is 0.0575. The van der Waals surface area contributed by atoms with Gasteiger partial charge in [-0.25, -0.2) is 0 Å². The molecular formula is C18H23NO3. The largest absolute Gasteiger partial charge is 0.469 e. The molecule has 1 aliphatic carbocycles. The predicted molar refractivity (Wildman–Crippen MR) is 83.3 cm³/mol. The average Bonchev–Trinajstić information content (AvgIpc) is 3.16. The van der Waals surface area contributed by atoms with Crippen molar-refractivity contribution in [3.63, 3.8) is 0 Å². The van der Waals surface area contributed by atoms with Crippen LogP contribution in [0.3, 0.4) is 0 Å². The van der Waals surface area contributed by atoms with Gasteiger partial charge >= 0.3 is 5.97 Å². The van der Waals surface area contributed by atoms with Gasteiger partial charge in [0.2, 0.25) is 5.91 Å². The molecule has 2 aliphatic rings. The first-order valence-corrected chi connectivity index (χ1v) is 8.06. The lowest BCUT2D eigenvalue weighted by Gasteiger charge is -2.34. The molecule has 1 saturated heterocycles. The van der Waals surface area contributed by atoms with Crippen LogP contribution in [0.4, 0.5) is 0 Å². The summed E-state index contributed by atoms with van der Waals surface area (Å²) in [5, 5.41) is 0. The molecule has 0 N–H and O–H groups in total. The second-order valence-electron chi connectivity index (χ2n) is 6.55. The van der Waals surface area contributed by atoms with E-state index < -0.39 is 0 Å². The van der Waals surface area contributed by atoms with Gasteiger partial charge in [0.15, 0.2) is 0 Å². The number of hydrogen-bond donors (Lipinski definition) is 0. The van der Waals surface area contributed by atoms with Crippen LogP contribution >= 0.6 is 0 Å². The highest BCUT2D eigenvalue weighted by Gasteiger charge is 2.42. The molecule has 118 valence electrons. The van der Waals surface area contributed by atoms with E-state index in [-0.39, 0.29) is 29.6 Å². The SMILES string of the molecule is COC(=O)C1CC(=O)N(CC2(c3ccccc3)CCCC2)C1. The minimum atomic E-state index is -0.299. The third-order valence-corrected chi connectivity index (χ3v) is 5.19. The number of carbonyl (C=O) groups excluding carboxylic acids is 2. The van der Waals surface area contributed by atoms with Crippen molar-refractivity contribution >= 4 is 11.9 Å². The number of hydrogen-bond acceptors (Lipinski definition) is 3. The summed E-state index contributed by atoms with van der Waals surface area (Å²) in [7, 11) is 1.39. The predicted octanol–water partition coefficient (Wildman–Crippen LogP) is 2.52. The van der Waals surface area contributed by atoms with E-state index in [2.05, 4.69) is 24.3 Å². The number of esters is 1. The van der Waals surface area contributed by atoms with Crippen molar-refractivity contribution in [2.45, 2.75) is 37.5 Å². The summed E-state index contributed by atoms with van der Waals surface area (Å²) in [5.74, 6) is -0.486. The fourth-order valence-electron chi connectivity index (χ4n) is 4.00. The number of ether oxygens (including phenoxy) is 1. The highest BCUT2D eigenvalue weighted by Crippen LogP contribution is 2.42. The molecule has 3 rings (SSSR count). The summed E-state index contributed by atoms with van der Waals surface area (Å²) < 4.78 is 4.79. The first-order valence-electron chi connectivity index (χ1n) is 8.06. The Morgan fingerprint density at radius 2 is 1.95 bits per heavy atom. The van der Waals surface area contributed by atoms with Gasteiger partial charge in [-0.15, -0.1) is 0 Å². The summed E-state index contributed by atoms with van der Waals surface area (Å²) in [5.41, 5.74) is 1.38. The number of likely N-dealkylation sites (tertiary alicyclic amines) is 1. The van der Waals surface area contributed by atoms with Gasteiger partial charge in [0.05, 0.1) is 13.0 Å². The van der Waals surface area contributed by atoms with Crippen LogP contribution in [0, 0.1) is 5.92 Å². The summed E-state index contributed by atoms with van der Waals surface area (Å²) in [6.07, 6.45) is 4.93. The van der Waals surface area contributed by atoms with Gasteiger partial charge < -0.3 is 9.64 Å². The molecule has 0 bridgehead atoms. The second kappa shape index (κ2) is 6.11. The molecule has 1 saturated carbocycles. The molecule has 1 aromatic rings. The second-order valence-corrected chi connectivity index (χ2v) is 6.55. The molecule has 1 aromatic carbocycles. The number of amides is 1. The maximum Gasteiger partial charge on any atom is 0.310 e. The zero-order valence-corrected chi connectivity index (χ0v) is 13.1. The molecule has 0 aromatic heterocycles. The van der Waals surface area contributed by atoms with Crippen molar-refractivity contribution in [1.29, 1.82) is 0 Å². The number of methoxy groups -OCH3 is 1. The Morgan fingerprint density at radius 3 is 2.59 bits per heavy atom. The Labute approximate surface area is 131 Å². The Balaban J connectivity index is 1.78. The minimum Gasteiger partial charge on any atom is -0.469 e. The van der Waals surface area contributed by atoms with Crippen molar-refractivity contribution in [1.82, 2.24) is 4.90 Å². The standard InChI is InChI=1S/C18H23NO3/c1-22-17(21)14-11-16(20)19(12-14)13-18(9-5-6-10-18)15-7-3-2-4-8-15/h2-4,7-8,14H,5-6,9-13H2,1H3. The van der Waals surface area contributed by atoms with Gasteiger partial charge in [0.1, 0.15) is 0 Å². The third kappa shape index (κ3) is 2.74. The zero-order chi connectivity index (χ0) is 15.6. The fraction of sp³-hybridized carbons (Fsp3) is 0.556. The van der Waals surface area contributed by atoms with E-state index in [1.54, 1.807) is 0 Å². The van der Waals surface area contributed by atoms with E-state index in [4.69, 9.17) is 4.74 Å². The smallest absolute Gasteiger partial charge is 0.310 e. The van der Waals surface area contributed by atoms with Crippen molar-refractivity contribution in [2.75, 3.05) is 20.2 Å². The van der Waals surface area contributed by atoms with Crippen molar-refractivity contribution in [2.24, 2.45) is 5.92 Å². The lowest BCUT2D eigenvalue weighted by Crippen LogP contribution is -2.40. The van der Waals surface area contributed by atoms with E-state index in [0.29, 0.717) is 6.54 Å². The monoisotopic (exact) mass is 301 g/mol. The highest BCUT2D eigenvalue weighted by molar-refractivity contribution is 5.86. The normalized spacial score (nSPS) is 23.8. The molecule has 4 nitrogen and oxygen atoms in total.